The maximum absolute atomic E-state index is 5.58. The van der Waals surface area contributed by atoms with Crippen LogP contribution in [0.4, 0.5) is 0 Å². The first kappa shape index (κ1) is 16.7. The highest BCUT2D eigenvalue weighted by atomic mass is 16.5. The third-order valence-electron chi connectivity index (χ3n) is 6.05. The zero-order chi connectivity index (χ0) is 18.1. The van der Waals surface area contributed by atoms with E-state index in [0.29, 0.717) is 18.0 Å². The molecule has 5 rings (SSSR count). The third-order valence-corrected chi connectivity index (χ3v) is 6.05. The van der Waals surface area contributed by atoms with Crippen molar-refractivity contribution >= 4 is 0 Å². The van der Waals surface area contributed by atoms with Gasteiger partial charge in [-0.2, -0.15) is 4.98 Å². The minimum atomic E-state index is 0.379. The van der Waals surface area contributed by atoms with Gasteiger partial charge in [-0.25, -0.2) is 4.98 Å². The van der Waals surface area contributed by atoms with Gasteiger partial charge in [0.1, 0.15) is 0 Å². The molecule has 0 saturated carbocycles. The van der Waals surface area contributed by atoms with E-state index >= 15 is 0 Å². The first-order valence-corrected chi connectivity index (χ1v) is 9.97. The number of rotatable bonds is 6. The average Bonchev–Trinajstić information content (AvgIpc) is 3.47. The average molecular weight is 363 g/mol. The molecule has 2 aliphatic rings. The number of nitrogens with zero attached hydrogens (tertiary/aromatic N) is 5. The summed E-state index contributed by atoms with van der Waals surface area (Å²) >= 11 is 0. The van der Waals surface area contributed by atoms with Gasteiger partial charge in [-0.15, -0.1) is 0 Å². The van der Waals surface area contributed by atoms with Gasteiger partial charge in [-0.3, -0.25) is 4.90 Å². The van der Waals surface area contributed by atoms with Crippen molar-refractivity contribution in [2.45, 2.75) is 56.7 Å². The summed E-state index contributed by atoms with van der Waals surface area (Å²) in [5.74, 6) is 2.05. The zero-order valence-corrected chi connectivity index (χ0v) is 15.4. The van der Waals surface area contributed by atoms with Gasteiger partial charge in [-0.1, -0.05) is 35.5 Å². The number of aryl methyl sites for hydroxylation is 2. The predicted molar refractivity (Wildman–Crippen MR) is 101 cm³/mol. The molecule has 1 aromatic carbocycles. The van der Waals surface area contributed by atoms with Gasteiger partial charge in [0.05, 0.1) is 6.33 Å². The van der Waals surface area contributed by atoms with E-state index in [4.69, 9.17) is 9.51 Å². The predicted octanol–water partition coefficient (Wildman–Crippen LogP) is 3.59. The number of hydrogen-bond donors (Lipinski definition) is 0. The summed E-state index contributed by atoms with van der Waals surface area (Å²) in [5, 5.41) is 4.37. The molecule has 140 valence electrons. The number of imidazole rings is 1. The van der Waals surface area contributed by atoms with E-state index in [0.717, 1.165) is 37.5 Å². The van der Waals surface area contributed by atoms with Crippen molar-refractivity contribution in [3.63, 3.8) is 0 Å². The van der Waals surface area contributed by atoms with Crippen LogP contribution in [-0.4, -0.2) is 37.2 Å². The Morgan fingerprint density at radius 2 is 2.11 bits per heavy atom. The molecule has 2 aromatic heterocycles. The van der Waals surface area contributed by atoms with E-state index in [1.54, 1.807) is 6.20 Å². The Kier molecular flexibility index (Phi) is 4.49. The van der Waals surface area contributed by atoms with Crippen LogP contribution in [0.3, 0.4) is 0 Å². The highest BCUT2D eigenvalue weighted by Crippen LogP contribution is 2.48. The lowest BCUT2D eigenvalue weighted by Crippen LogP contribution is -2.27. The van der Waals surface area contributed by atoms with E-state index in [2.05, 4.69) is 49.9 Å². The van der Waals surface area contributed by atoms with Crippen molar-refractivity contribution in [3.05, 3.63) is 66.3 Å². The minimum absolute atomic E-state index is 0.379. The molecular formula is C21H25N5O. The Balaban J connectivity index is 1.28. The summed E-state index contributed by atoms with van der Waals surface area (Å²) < 4.78 is 7.66. The Bertz CT molecular complexity index is 860. The molecule has 6 heteroatoms. The van der Waals surface area contributed by atoms with Crippen LogP contribution in [0.1, 0.15) is 54.9 Å². The summed E-state index contributed by atoms with van der Waals surface area (Å²) in [7, 11) is 0. The van der Waals surface area contributed by atoms with Crippen LogP contribution in [0.25, 0.3) is 0 Å². The van der Waals surface area contributed by atoms with Crippen LogP contribution in [-0.2, 0) is 13.0 Å². The van der Waals surface area contributed by atoms with Crippen molar-refractivity contribution in [1.29, 1.82) is 0 Å². The molecule has 2 fully saturated rings. The molecule has 2 saturated heterocycles. The van der Waals surface area contributed by atoms with Crippen LogP contribution in [0.15, 0.2) is 53.6 Å². The monoisotopic (exact) mass is 363 g/mol. The molecule has 0 radical (unpaired) electrons. The second-order valence-corrected chi connectivity index (χ2v) is 7.67. The SMILES string of the molecule is c1ccc(C2CC(c3noc(CCCn4ccnc4)n3)[C@@H]3CCCN23)cc1. The van der Waals surface area contributed by atoms with Gasteiger partial charge >= 0.3 is 0 Å². The lowest BCUT2D eigenvalue weighted by molar-refractivity contribution is 0.243. The molecule has 3 atom stereocenters. The summed E-state index contributed by atoms with van der Waals surface area (Å²) in [6.07, 6.45) is 11.0. The van der Waals surface area contributed by atoms with Crippen LogP contribution in [0.5, 0.6) is 0 Å². The van der Waals surface area contributed by atoms with Crippen molar-refractivity contribution in [1.82, 2.24) is 24.6 Å². The Labute approximate surface area is 159 Å². The van der Waals surface area contributed by atoms with Crippen LogP contribution < -0.4 is 0 Å². The van der Waals surface area contributed by atoms with Crippen molar-refractivity contribution in [2.75, 3.05) is 6.54 Å². The molecule has 0 amide bonds. The van der Waals surface area contributed by atoms with Crippen molar-refractivity contribution in [3.8, 4) is 0 Å². The number of hydrogen-bond acceptors (Lipinski definition) is 5. The third kappa shape index (κ3) is 3.30. The molecular weight excluding hydrogens is 338 g/mol. The number of benzene rings is 1. The fourth-order valence-corrected chi connectivity index (χ4v) is 4.80. The molecule has 0 N–H and O–H groups in total. The normalized spacial score (nSPS) is 25.1. The topological polar surface area (TPSA) is 60.0 Å². The summed E-state index contributed by atoms with van der Waals surface area (Å²) in [6.45, 7) is 2.10. The molecule has 2 aliphatic heterocycles. The molecule has 6 nitrogen and oxygen atoms in total. The van der Waals surface area contributed by atoms with Crippen LogP contribution in [0, 0.1) is 0 Å². The molecule has 0 bridgehead atoms. The lowest BCUT2D eigenvalue weighted by Gasteiger charge is -2.24. The summed E-state index contributed by atoms with van der Waals surface area (Å²) in [6, 6.07) is 11.9. The van der Waals surface area contributed by atoms with Gasteiger partial charge in [0.15, 0.2) is 5.82 Å². The second-order valence-electron chi connectivity index (χ2n) is 7.67. The lowest BCUT2D eigenvalue weighted by atomic mass is 9.94. The molecule has 4 heterocycles. The van der Waals surface area contributed by atoms with Crippen LogP contribution in [0.2, 0.25) is 0 Å². The maximum Gasteiger partial charge on any atom is 0.226 e. The van der Waals surface area contributed by atoms with Crippen molar-refractivity contribution < 1.29 is 4.52 Å². The zero-order valence-electron chi connectivity index (χ0n) is 15.4. The quantitative estimate of drug-likeness (QED) is 0.670. The standard InChI is InChI=1S/C21H25N5O/c1-2-6-16(7-3-1)19-14-17(18-8-4-12-26(18)19)21-23-20(27-24-21)9-5-11-25-13-10-22-15-25/h1-3,6-7,10,13,15,17-19H,4-5,8-9,11-12,14H2/t17?,18-,19?/m0/s1. The minimum Gasteiger partial charge on any atom is -0.339 e. The van der Waals surface area contributed by atoms with E-state index in [9.17, 15) is 0 Å². The summed E-state index contributed by atoms with van der Waals surface area (Å²) in [4.78, 5) is 11.5. The molecule has 27 heavy (non-hydrogen) atoms. The van der Waals surface area contributed by atoms with Gasteiger partial charge in [0.2, 0.25) is 5.89 Å². The Morgan fingerprint density at radius 1 is 1.19 bits per heavy atom. The molecule has 0 aliphatic carbocycles. The summed E-state index contributed by atoms with van der Waals surface area (Å²) in [5.41, 5.74) is 1.41. The first-order valence-electron chi connectivity index (χ1n) is 9.97. The fourth-order valence-electron chi connectivity index (χ4n) is 4.80. The smallest absolute Gasteiger partial charge is 0.226 e. The van der Waals surface area contributed by atoms with E-state index in [1.807, 2.05) is 12.5 Å². The largest absolute Gasteiger partial charge is 0.339 e. The maximum atomic E-state index is 5.58. The molecule has 3 aromatic rings. The Morgan fingerprint density at radius 3 is 2.96 bits per heavy atom. The molecule has 0 spiro atoms. The van der Waals surface area contributed by atoms with Gasteiger partial charge < -0.3 is 9.09 Å². The van der Waals surface area contributed by atoms with E-state index in [1.165, 1.54) is 24.9 Å². The molecule has 2 unspecified atom stereocenters. The highest BCUT2D eigenvalue weighted by molar-refractivity contribution is 5.24. The number of aromatic nitrogens is 4. The van der Waals surface area contributed by atoms with Crippen LogP contribution >= 0.6 is 0 Å². The van der Waals surface area contributed by atoms with E-state index in [-0.39, 0.29) is 0 Å². The van der Waals surface area contributed by atoms with Gasteiger partial charge in [0.25, 0.3) is 0 Å². The first-order chi connectivity index (χ1) is 13.4. The van der Waals surface area contributed by atoms with E-state index < -0.39 is 0 Å². The van der Waals surface area contributed by atoms with Crippen molar-refractivity contribution in [2.24, 2.45) is 0 Å². The highest BCUT2D eigenvalue weighted by Gasteiger charge is 2.46. The fraction of sp³-hybridized carbons (Fsp3) is 0.476. The van der Waals surface area contributed by atoms with Gasteiger partial charge in [0, 0.05) is 43.4 Å². The number of fused-ring (bicyclic) bond motifs is 1. The van der Waals surface area contributed by atoms with Gasteiger partial charge in [-0.05, 0) is 37.8 Å². The second kappa shape index (κ2) is 7.27. The Hall–Kier alpha value is -2.47.